The van der Waals surface area contributed by atoms with Crippen LogP contribution >= 0.6 is 0 Å². The minimum absolute atomic E-state index is 0.472. The van der Waals surface area contributed by atoms with Gasteiger partial charge >= 0.3 is 0 Å². The van der Waals surface area contributed by atoms with E-state index in [0.29, 0.717) is 11.5 Å². The van der Waals surface area contributed by atoms with E-state index in [1.54, 1.807) is 0 Å². The predicted octanol–water partition coefficient (Wildman–Crippen LogP) is 1.89. The number of nitrogens with two attached hydrogens (primary N) is 1. The molecule has 2 fully saturated rings. The number of rotatable bonds is 7. The summed E-state index contributed by atoms with van der Waals surface area (Å²) in [4.78, 5) is 0. The van der Waals surface area contributed by atoms with Gasteiger partial charge in [0.25, 0.3) is 0 Å². The summed E-state index contributed by atoms with van der Waals surface area (Å²) in [7, 11) is 0. The van der Waals surface area contributed by atoms with Crippen molar-refractivity contribution in [3.63, 3.8) is 0 Å². The van der Waals surface area contributed by atoms with Crippen LogP contribution in [0.25, 0.3) is 0 Å². The van der Waals surface area contributed by atoms with Gasteiger partial charge in [0, 0.05) is 12.6 Å². The van der Waals surface area contributed by atoms with Crippen LogP contribution in [0.15, 0.2) is 0 Å². The van der Waals surface area contributed by atoms with Crippen molar-refractivity contribution in [2.45, 2.75) is 51.5 Å². The zero-order valence-electron chi connectivity index (χ0n) is 9.39. The lowest BCUT2D eigenvalue weighted by atomic mass is 10.0. The van der Waals surface area contributed by atoms with E-state index in [1.807, 2.05) is 0 Å². The molecule has 2 saturated carbocycles. The van der Waals surface area contributed by atoms with Crippen LogP contribution in [-0.2, 0) is 0 Å². The van der Waals surface area contributed by atoms with E-state index < -0.39 is 0 Å². The molecular formula is C12H24N2. The first kappa shape index (κ1) is 10.4. The topological polar surface area (TPSA) is 38.0 Å². The third-order valence-electron chi connectivity index (χ3n) is 4.09. The molecule has 0 spiro atoms. The van der Waals surface area contributed by atoms with E-state index >= 15 is 0 Å². The first-order chi connectivity index (χ1) is 6.76. The van der Waals surface area contributed by atoms with Crippen LogP contribution in [-0.4, -0.2) is 19.1 Å². The molecule has 2 nitrogen and oxygen atoms in total. The second kappa shape index (κ2) is 4.19. The summed E-state index contributed by atoms with van der Waals surface area (Å²) < 4.78 is 0. The summed E-state index contributed by atoms with van der Waals surface area (Å²) in [6, 6.07) is 0.472. The molecule has 2 rings (SSSR count). The van der Waals surface area contributed by atoms with Crippen molar-refractivity contribution in [3.05, 3.63) is 0 Å². The zero-order valence-corrected chi connectivity index (χ0v) is 9.39. The van der Waals surface area contributed by atoms with Gasteiger partial charge in [-0.25, -0.2) is 0 Å². The fraction of sp³-hybridized carbons (Fsp3) is 1.00. The highest BCUT2D eigenvalue weighted by Gasteiger charge is 2.39. The van der Waals surface area contributed by atoms with Gasteiger partial charge in [-0.2, -0.15) is 0 Å². The first-order valence-corrected chi connectivity index (χ1v) is 6.22. The Balaban J connectivity index is 1.50. The average molecular weight is 196 g/mol. The van der Waals surface area contributed by atoms with E-state index in [9.17, 15) is 0 Å². The second-order valence-electron chi connectivity index (χ2n) is 5.32. The Labute approximate surface area is 87.6 Å². The van der Waals surface area contributed by atoms with Crippen LogP contribution in [0.3, 0.4) is 0 Å². The maximum absolute atomic E-state index is 6.04. The monoisotopic (exact) mass is 196 g/mol. The van der Waals surface area contributed by atoms with Gasteiger partial charge in [-0.1, -0.05) is 6.92 Å². The average Bonchev–Trinajstić information content (AvgIpc) is 3.03. The molecule has 3 N–H and O–H groups in total. The Kier molecular flexibility index (Phi) is 3.13. The summed E-state index contributed by atoms with van der Waals surface area (Å²) in [5.41, 5.74) is 6.72. The number of nitrogens with one attached hydrogen (secondary N) is 1. The molecule has 82 valence electrons. The molecule has 0 aromatic carbocycles. The van der Waals surface area contributed by atoms with Crippen molar-refractivity contribution in [3.8, 4) is 0 Å². The summed E-state index contributed by atoms with van der Waals surface area (Å²) in [6.45, 7) is 4.66. The lowest BCUT2D eigenvalue weighted by Gasteiger charge is -2.15. The minimum atomic E-state index is 0.472. The SMILES string of the molecule is CCC1(CNCCC(N)C2CC2)CC1. The molecule has 0 aliphatic heterocycles. The van der Waals surface area contributed by atoms with Gasteiger partial charge in [0.2, 0.25) is 0 Å². The van der Waals surface area contributed by atoms with Gasteiger partial charge in [0.05, 0.1) is 0 Å². The molecule has 0 heterocycles. The van der Waals surface area contributed by atoms with E-state index in [1.165, 1.54) is 45.1 Å². The maximum atomic E-state index is 6.04. The standard InChI is InChI=1S/C12H24N2/c1-2-12(6-7-12)9-14-8-5-11(13)10-3-4-10/h10-11,14H,2-9,13H2,1H3. The summed E-state index contributed by atoms with van der Waals surface area (Å²) in [5.74, 6) is 0.859. The third kappa shape index (κ3) is 2.71. The van der Waals surface area contributed by atoms with E-state index in [0.717, 1.165) is 12.5 Å². The molecule has 2 aliphatic rings. The highest BCUT2D eigenvalue weighted by atomic mass is 14.9. The summed E-state index contributed by atoms with van der Waals surface area (Å²) in [6.07, 6.45) is 8.13. The Bertz CT molecular complexity index is 183. The number of hydrogen-bond donors (Lipinski definition) is 2. The van der Waals surface area contributed by atoms with Crippen molar-refractivity contribution in [1.29, 1.82) is 0 Å². The van der Waals surface area contributed by atoms with E-state index in [2.05, 4.69) is 12.2 Å². The first-order valence-electron chi connectivity index (χ1n) is 6.22. The molecule has 0 aromatic heterocycles. The molecule has 0 radical (unpaired) electrons. The van der Waals surface area contributed by atoms with Gasteiger partial charge in [-0.15, -0.1) is 0 Å². The van der Waals surface area contributed by atoms with Crippen molar-refractivity contribution < 1.29 is 0 Å². The summed E-state index contributed by atoms with van der Waals surface area (Å²) >= 11 is 0. The Morgan fingerprint density at radius 2 is 2.14 bits per heavy atom. The fourth-order valence-corrected chi connectivity index (χ4v) is 2.21. The molecule has 0 bridgehead atoms. The van der Waals surface area contributed by atoms with Gasteiger partial charge in [-0.05, 0) is 56.4 Å². The maximum Gasteiger partial charge on any atom is 0.00792 e. The molecule has 0 aromatic rings. The van der Waals surface area contributed by atoms with Crippen LogP contribution in [0.1, 0.15) is 45.4 Å². The van der Waals surface area contributed by atoms with Crippen LogP contribution in [0.5, 0.6) is 0 Å². The summed E-state index contributed by atoms with van der Waals surface area (Å²) in [5, 5.41) is 3.57. The zero-order chi connectivity index (χ0) is 10.0. The smallest absolute Gasteiger partial charge is 0.00792 e. The highest BCUT2D eigenvalue weighted by Crippen LogP contribution is 2.47. The van der Waals surface area contributed by atoms with Gasteiger partial charge < -0.3 is 11.1 Å². The number of hydrogen-bond acceptors (Lipinski definition) is 2. The Morgan fingerprint density at radius 3 is 2.64 bits per heavy atom. The lowest BCUT2D eigenvalue weighted by molar-refractivity contribution is 0.427. The normalized spacial score (nSPS) is 26.1. The van der Waals surface area contributed by atoms with Crippen LogP contribution in [0, 0.1) is 11.3 Å². The Hall–Kier alpha value is -0.0800. The van der Waals surface area contributed by atoms with Crippen molar-refractivity contribution in [2.75, 3.05) is 13.1 Å². The minimum Gasteiger partial charge on any atom is -0.327 e. The van der Waals surface area contributed by atoms with E-state index in [-0.39, 0.29) is 0 Å². The van der Waals surface area contributed by atoms with Crippen molar-refractivity contribution >= 4 is 0 Å². The highest BCUT2D eigenvalue weighted by molar-refractivity contribution is 4.93. The molecule has 0 saturated heterocycles. The van der Waals surface area contributed by atoms with Gasteiger partial charge in [-0.3, -0.25) is 0 Å². The van der Waals surface area contributed by atoms with Crippen LogP contribution in [0.2, 0.25) is 0 Å². The quantitative estimate of drug-likeness (QED) is 0.610. The van der Waals surface area contributed by atoms with Gasteiger partial charge in [0.1, 0.15) is 0 Å². The van der Waals surface area contributed by atoms with Crippen LogP contribution in [0.4, 0.5) is 0 Å². The molecule has 1 atom stereocenters. The largest absolute Gasteiger partial charge is 0.327 e. The fourth-order valence-electron chi connectivity index (χ4n) is 2.21. The third-order valence-corrected chi connectivity index (χ3v) is 4.09. The van der Waals surface area contributed by atoms with Crippen molar-refractivity contribution in [2.24, 2.45) is 17.1 Å². The van der Waals surface area contributed by atoms with Crippen molar-refractivity contribution in [1.82, 2.24) is 5.32 Å². The second-order valence-corrected chi connectivity index (χ2v) is 5.32. The lowest BCUT2D eigenvalue weighted by Crippen LogP contribution is -2.31. The molecule has 0 amide bonds. The van der Waals surface area contributed by atoms with Crippen LogP contribution < -0.4 is 11.1 Å². The molecule has 2 heteroatoms. The molecular weight excluding hydrogens is 172 g/mol. The molecule has 1 unspecified atom stereocenters. The Morgan fingerprint density at radius 1 is 1.43 bits per heavy atom. The predicted molar refractivity (Wildman–Crippen MR) is 60.1 cm³/mol. The van der Waals surface area contributed by atoms with E-state index in [4.69, 9.17) is 5.73 Å². The van der Waals surface area contributed by atoms with Gasteiger partial charge in [0.15, 0.2) is 0 Å². The molecule has 2 aliphatic carbocycles. The molecule has 14 heavy (non-hydrogen) atoms.